The van der Waals surface area contributed by atoms with Gasteiger partial charge in [0.05, 0.1) is 13.0 Å². The van der Waals surface area contributed by atoms with Crippen molar-refractivity contribution in [1.29, 1.82) is 0 Å². The smallest absolute Gasteiger partial charge is 0.310 e. The maximum absolute atomic E-state index is 11.4. The van der Waals surface area contributed by atoms with E-state index in [2.05, 4.69) is 34.7 Å². The van der Waals surface area contributed by atoms with Gasteiger partial charge >= 0.3 is 5.97 Å². The molecule has 1 unspecified atom stereocenters. The summed E-state index contributed by atoms with van der Waals surface area (Å²) in [5, 5.41) is 6.39. The normalized spacial score (nSPS) is 12.7. The van der Waals surface area contributed by atoms with Crippen LogP contribution in [0.15, 0.2) is 29.3 Å². The largest absolute Gasteiger partial charge is 0.469 e. The van der Waals surface area contributed by atoms with Gasteiger partial charge in [0.1, 0.15) is 0 Å². The molecule has 0 saturated heterocycles. The van der Waals surface area contributed by atoms with Gasteiger partial charge < -0.3 is 15.4 Å². The third-order valence-electron chi connectivity index (χ3n) is 3.35. The van der Waals surface area contributed by atoms with E-state index in [1.807, 2.05) is 19.1 Å². The predicted octanol–water partition coefficient (Wildman–Crippen LogP) is 1.72. The summed E-state index contributed by atoms with van der Waals surface area (Å²) in [5.41, 5.74) is 2.58. The Morgan fingerprint density at radius 1 is 1.29 bits per heavy atom. The average molecular weight is 291 g/mol. The van der Waals surface area contributed by atoms with Gasteiger partial charge in [-0.15, -0.1) is 0 Å². The molecule has 116 valence electrons. The highest BCUT2D eigenvalue weighted by Gasteiger charge is 2.13. The lowest BCUT2D eigenvalue weighted by molar-refractivity contribution is -0.144. The number of esters is 1. The molecule has 0 heterocycles. The molecule has 0 amide bonds. The fourth-order valence-corrected chi connectivity index (χ4v) is 2.01. The van der Waals surface area contributed by atoms with Gasteiger partial charge in [-0.2, -0.15) is 0 Å². The topological polar surface area (TPSA) is 62.7 Å². The third kappa shape index (κ3) is 5.45. The minimum atomic E-state index is -0.228. The van der Waals surface area contributed by atoms with Crippen LogP contribution >= 0.6 is 0 Å². The first-order valence-corrected chi connectivity index (χ1v) is 7.21. The summed E-state index contributed by atoms with van der Waals surface area (Å²) in [5.74, 6) is 0.238. The van der Waals surface area contributed by atoms with E-state index in [9.17, 15) is 4.79 Å². The second-order valence-corrected chi connectivity index (χ2v) is 4.85. The Labute approximate surface area is 126 Å². The lowest BCUT2D eigenvalue weighted by Crippen LogP contribution is -2.40. The number of aryl methyl sites for hydroxylation is 1. The summed E-state index contributed by atoms with van der Waals surface area (Å²) in [6, 6.07) is 8.32. The average Bonchev–Trinajstić information content (AvgIpc) is 2.54. The molecular weight excluding hydrogens is 266 g/mol. The highest BCUT2D eigenvalue weighted by atomic mass is 16.5. The molecule has 0 spiro atoms. The molecule has 1 atom stereocenters. The standard InChI is InChI=1S/C16H25N3O2/c1-5-13-8-6-7-9-14(13)11-19-16(17-3)18-10-12(2)15(20)21-4/h6-9,12H,5,10-11H2,1-4H3,(H2,17,18,19). The van der Waals surface area contributed by atoms with Crippen molar-refractivity contribution in [3.05, 3.63) is 35.4 Å². The van der Waals surface area contributed by atoms with Crippen LogP contribution < -0.4 is 10.6 Å². The molecule has 0 bridgehead atoms. The lowest BCUT2D eigenvalue weighted by atomic mass is 10.1. The molecule has 0 aromatic heterocycles. The minimum Gasteiger partial charge on any atom is -0.469 e. The van der Waals surface area contributed by atoms with Crippen molar-refractivity contribution in [3.63, 3.8) is 0 Å². The van der Waals surface area contributed by atoms with Gasteiger partial charge in [-0.25, -0.2) is 0 Å². The molecule has 1 aromatic rings. The van der Waals surface area contributed by atoms with Gasteiger partial charge in [0.25, 0.3) is 0 Å². The zero-order chi connectivity index (χ0) is 15.7. The van der Waals surface area contributed by atoms with Crippen molar-refractivity contribution < 1.29 is 9.53 Å². The molecule has 0 aliphatic carbocycles. The molecule has 21 heavy (non-hydrogen) atoms. The molecule has 0 radical (unpaired) electrons. The molecule has 0 fully saturated rings. The monoisotopic (exact) mass is 291 g/mol. The number of hydrogen-bond donors (Lipinski definition) is 2. The summed E-state index contributed by atoms with van der Waals surface area (Å²) in [4.78, 5) is 15.5. The van der Waals surface area contributed by atoms with Crippen LogP contribution in [0.25, 0.3) is 0 Å². The van der Waals surface area contributed by atoms with Crippen LogP contribution in [-0.4, -0.2) is 32.6 Å². The SMILES string of the molecule is CCc1ccccc1CNC(=NC)NCC(C)C(=O)OC. The van der Waals surface area contributed by atoms with Crippen LogP contribution in [0.5, 0.6) is 0 Å². The van der Waals surface area contributed by atoms with Crippen LogP contribution in [0.3, 0.4) is 0 Å². The quantitative estimate of drug-likeness (QED) is 0.476. The first kappa shape index (κ1) is 17.0. The lowest BCUT2D eigenvalue weighted by Gasteiger charge is -2.15. The number of nitrogens with one attached hydrogen (secondary N) is 2. The van der Waals surface area contributed by atoms with E-state index >= 15 is 0 Å². The Hall–Kier alpha value is -2.04. The van der Waals surface area contributed by atoms with E-state index < -0.39 is 0 Å². The van der Waals surface area contributed by atoms with E-state index in [4.69, 9.17) is 4.74 Å². The molecule has 0 aliphatic heterocycles. The second kappa shape index (κ2) is 9.00. The maximum Gasteiger partial charge on any atom is 0.310 e. The number of hydrogen-bond acceptors (Lipinski definition) is 3. The number of rotatable bonds is 6. The van der Waals surface area contributed by atoms with Crippen molar-refractivity contribution in [2.75, 3.05) is 20.7 Å². The zero-order valence-corrected chi connectivity index (χ0v) is 13.3. The number of carbonyl (C=O) groups is 1. The van der Waals surface area contributed by atoms with E-state index in [0.29, 0.717) is 19.0 Å². The predicted molar refractivity (Wildman–Crippen MR) is 85.2 cm³/mol. The van der Waals surface area contributed by atoms with Crippen molar-refractivity contribution >= 4 is 11.9 Å². The Morgan fingerprint density at radius 2 is 1.95 bits per heavy atom. The molecule has 2 N–H and O–H groups in total. The highest BCUT2D eigenvalue weighted by Crippen LogP contribution is 2.08. The maximum atomic E-state index is 11.4. The van der Waals surface area contributed by atoms with Crippen molar-refractivity contribution in [1.82, 2.24) is 10.6 Å². The number of methoxy groups -OCH3 is 1. The fourth-order valence-electron chi connectivity index (χ4n) is 2.01. The molecule has 0 saturated carbocycles. The van der Waals surface area contributed by atoms with Crippen LogP contribution in [0.4, 0.5) is 0 Å². The van der Waals surface area contributed by atoms with Crippen LogP contribution in [0.1, 0.15) is 25.0 Å². The Bertz CT molecular complexity index is 486. The van der Waals surface area contributed by atoms with Crippen molar-refractivity contribution in [2.24, 2.45) is 10.9 Å². The second-order valence-electron chi connectivity index (χ2n) is 4.85. The van der Waals surface area contributed by atoms with Crippen LogP contribution in [-0.2, 0) is 22.5 Å². The Kier molecular flexibility index (Phi) is 7.29. The van der Waals surface area contributed by atoms with Gasteiger partial charge in [-0.1, -0.05) is 38.1 Å². The van der Waals surface area contributed by atoms with Gasteiger partial charge in [0.15, 0.2) is 5.96 Å². The number of benzene rings is 1. The molecule has 0 aliphatic rings. The van der Waals surface area contributed by atoms with Gasteiger partial charge in [-0.3, -0.25) is 9.79 Å². The number of nitrogens with zero attached hydrogens (tertiary/aromatic N) is 1. The van der Waals surface area contributed by atoms with Crippen LogP contribution in [0.2, 0.25) is 0 Å². The summed E-state index contributed by atoms with van der Waals surface area (Å²) in [6.07, 6.45) is 1.00. The van der Waals surface area contributed by atoms with E-state index in [1.54, 1.807) is 7.05 Å². The molecule has 5 nitrogen and oxygen atoms in total. The highest BCUT2D eigenvalue weighted by molar-refractivity contribution is 5.80. The van der Waals surface area contributed by atoms with Gasteiger partial charge in [0, 0.05) is 20.1 Å². The summed E-state index contributed by atoms with van der Waals surface area (Å²) < 4.78 is 4.70. The Balaban J connectivity index is 2.50. The Morgan fingerprint density at radius 3 is 2.52 bits per heavy atom. The molecule has 1 rings (SSSR count). The van der Waals surface area contributed by atoms with E-state index in [-0.39, 0.29) is 11.9 Å². The summed E-state index contributed by atoms with van der Waals surface area (Å²) >= 11 is 0. The minimum absolute atomic E-state index is 0.212. The van der Waals surface area contributed by atoms with Gasteiger partial charge in [0.2, 0.25) is 0 Å². The first-order chi connectivity index (χ1) is 10.1. The van der Waals surface area contributed by atoms with Crippen molar-refractivity contribution in [3.8, 4) is 0 Å². The van der Waals surface area contributed by atoms with E-state index in [0.717, 1.165) is 6.42 Å². The summed E-state index contributed by atoms with van der Waals surface area (Å²) in [6.45, 7) is 5.15. The fraction of sp³-hybridized carbons (Fsp3) is 0.500. The number of guanidine groups is 1. The zero-order valence-electron chi connectivity index (χ0n) is 13.3. The summed E-state index contributed by atoms with van der Waals surface area (Å²) in [7, 11) is 3.11. The number of ether oxygens (including phenoxy) is 1. The third-order valence-corrected chi connectivity index (χ3v) is 3.35. The van der Waals surface area contributed by atoms with Crippen molar-refractivity contribution in [2.45, 2.75) is 26.8 Å². The molecule has 1 aromatic carbocycles. The number of aliphatic imine (C=N–C) groups is 1. The molecule has 5 heteroatoms. The first-order valence-electron chi connectivity index (χ1n) is 7.21. The molecular formula is C16H25N3O2. The van der Waals surface area contributed by atoms with Gasteiger partial charge in [-0.05, 0) is 17.5 Å². The van der Waals surface area contributed by atoms with Crippen LogP contribution in [0, 0.1) is 5.92 Å². The van der Waals surface area contributed by atoms with E-state index in [1.165, 1.54) is 18.2 Å². The number of carbonyl (C=O) groups excluding carboxylic acids is 1.